The monoisotopic (exact) mass is 668 g/mol. The Balaban J connectivity index is 1.11. The van der Waals surface area contributed by atoms with E-state index >= 15 is 0 Å². The summed E-state index contributed by atoms with van der Waals surface area (Å²) in [4.78, 5) is 0. The van der Waals surface area contributed by atoms with Crippen molar-refractivity contribution < 1.29 is 0 Å². The summed E-state index contributed by atoms with van der Waals surface area (Å²) in [7, 11) is 0. The summed E-state index contributed by atoms with van der Waals surface area (Å²) in [6.07, 6.45) is 0. The second kappa shape index (κ2) is 10.9. The molecule has 0 nitrogen and oxygen atoms in total. The summed E-state index contributed by atoms with van der Waals surface area (Å²) in [6.45, 7) is 0. The molecule has 0 aliphatic heterocycles. The molecule has 0 unspecified atom stereocenters. The summed E-state index contributed by atoms with van der Waals surface area (Å²) in [6, 6.07) is 63.0. The molecule has 0 fully saturated rings. The van der Waals surface area contributed by atoms with Crippen molar-refractivity contribution in [3.8, 4) is 33.4 Å². The van der Waals surface area contributed by atoms with Crippen LogP contribution in [-0.4, -0.2) is 0 Å². The molecular formula is C48H28S2. The molecule has 0 N–H and O–H groups in total. The molecule has 0 saturated carbocycles. The third-order valence-electron chi connectivity index (χ3n) is 10.5. The lowest BCUT2D eigenvalue weighted by molar-refractivity contribution is 1.63. The van der Waals surface area contributed by atoms with Crippen molar-refractivity contribution >= 4 is 95.3 Å². The lowest BCUT2D eigenvalue weighted by atomic mass is 9.84. The molecule has 2 aromatic heterocycles. The van der Waals surface area contributed by atoms with Gasteiger partial charge in [0.2, 0.25) is 0 Å². The van der Waals surface area contributed by atoms with E-state index in [9.17, 15) is 0 Å². The van der Waals surface area contributed by atoms with Gasteiger partial charge in [-0.15, -0.1) is 22.7 Å². The molecule has 0 bridgehead atoms. The van der Waals surface area contributed by atoms with E-state index in [-0.39, 0.29) is 0 Å². The van der Waals surface area contributed by atoms with Crippen molar-refractivity contribution in [2.24, 2.45) is 0 Å². The van der Waals surface area contributed by atoms with Crippen LogP contribution in [0.5, 0.6) is 0 Å². The van der Waals surface area contributed by atoms with Crippen molar-refractivity contribution in [3.63, 3.8) is 0 Å². The van der Waals surface area contributed by atoms with Crippen LogP contribution >= 0.6 is 22.7 Å². The van der Waals surface area contributed by atoms with Gasteiger partial charge in [0.25, 0.3) is 0 Å². The zero-order valence-corrected chi connectivity index (χ0v) is 28.6. The Morgan fingerprint density at radius 2 is 0.900 bits per heavy atom. The molecule has 0 atom stereocenters. The van der Waals surface area contributed by atoms with E-state index < -0.39 is 0 Å². The molecule has 0 aliphatic carbocycles. The fraction of sp³-hybridized carbons (Fsp3) is 0. The first-order valence-electron chi connectivity index (χ1n) is 17.1. The van der Waals surface area contributed by atoms with Gasteiger partial charge < -0.3 is 0 Å². The summed E-state index contributed by atoms with van der Waals surface area (Å²) >= 11 is 3.83. The van der Waals surface area contributed by atoms with E-state index in [2.05, 4.69) is 170 Å². The first-order chi connectivity index (χ1) is 24.8. The van der Waals surface area contributed by atoms with Gasteiger partial charge in [0.15, 0.2) is 0 Å². The highest BCUT2D eigenvalue weighted by atomic mass is 32.1. The van der Waals surface area contributed by atoms with Crippen molar-refractivity contribution in [2.75, 3.05) is 0 Å². The molecular weight excluding hydrogens is 641 g/mol. The number of rotatable bonds is 3. The predicted octanol–water partition coefficient (Wildman–Crippen LogP) is 14.9. The normalized spacial score (nSPS) is 12.0. The maximum Gasteiger partial charge on any atom is 0.0448 e. The summed E-state index contributed by atoms with van der Waals surface area (Å²) in [5, 5.41) is 13.1. The quantitative estimate of drug-likeness (QED) is 0.164. The standard InChI is InChI=1S/C48H28S2/c1-2-15-33-29(11-1)12-10-21-35(33)46-38-19-5-3-17-36(38)45(37-18-4-6-20-39(37)46)32-14-9-13-30(27-32)31-23-24-41-44(28-31)49-43-26-25-40-34-16-7-8-22-42(34)50-48(40)47(41)43/h1-28H. The average molecular weight is 669 g/mol. The number of fused-ring (bicyclic) bond motifs is 10. The molecule has 0 saturated heterocycles. The topological polar surface area (TPSA) is 0 Å². The molecule has 2 heterocycles. The van der Waals surface area contributed by atoms with Crippen LogP contribution in [0.1, 0.15) is 0 Å². The zero-order valence-electron chi connectivity index (χ0n) is 27.0. The zero-order chi connectivity index (χ0) is 32.8. The van der Waals surface area contributed by atoms with Gasteiger partial charge in [-0.3, -0.25) is 0 Å². The molecule has 0 radical (unpaired) electrons. The van der Waals surface area contributed by atoms with Crippen LogP contribution < -0.4 is 0 Å². The minimum Gasteiger partial charge on any atom is -0.135 e. The van der Waals surface area contributed by atoms with Crippen molar-refractivity contribution in [2.45, 2.75) is 0 Å². The minimum atomic E-state index is 1.24. The Kier molecular flexibility index (Phi) is 6.09. The minimum absolute atomic E-state index is 1.24. The number of benzene rings is 9. The van der Waals surface area contributed by atoms with Gasteiger partial charge in [-0.1, -0.05) is 146 Å². The van der Waals surface area contributed by atoms with Crippen LogP contribution in [0, 0.1) is 0 Å². The molecule has 2 heteroatoms. The second-order valence-corrected chi connectivity index (χ2v) is 15.3. The SMILES string of the molecule is c1cc(-c2ccc3c(c2)sc2ccc4c5ccccc5sc4c23)cc(-c2c3ccccc3c(-c3cccc4ccccc34)c3ccccc23)c1. The van der Waals surface area contributed by atoms with E-state index in [1.54, 1.807) is 0 Å². The Morgan fingerprint density at radius 1 is 0.300 bits per heavy atom. The van der Waals surface area contributed by atoms with Crippen molar-refractivity contribution in [3.05, 3.63) is 170 Å². The van der Waals surface area contributed by atoms with Gasteiger partial charge in [0, 0.05) is 40.3 Å². The third kappa shape index (κ3) is 4.10. The van der Waals surface area contributed by atoms with Crippen molar-refractivity contribution in [1.82, 2.24) is 0 Å². The highest BCUT2D eigenvalue weighted by Gasteiger charge is 2.19. The maximum atomic E-state index is 2.40. The van der Waals surface area contributed by atoms with E-state index in [0.717, 1.165) is 0 Å². The van der Waals surface area contributed by atoms with Crippen LogP contribution in [0.2, 0.25) is 0 Å². The molecule has 232 valence electrons. The predicted molar refractivity (Wildman–Crippen MR) is 221 cm³/mol. The fourth-order valence-corrected chi connectivity index (χ4v) is 10.7. The van der Waals surface area contributed by atoms with Gasteiger partial charge in [-0.25, -0.2) is 0 Å². The molecule has 0 aliphatic rings. The number of hydrogen-bond donors (Lipinski definition) is 0. The summed E-state index contributed by atoms with van der Waals surface area (Å²) < 4.78 is 5.45. The van der Waals surface area contributed by atoms with Crippen LogP contribution in [0.4, 0.5) is 0 Å². The molecule has 0 spiro atoms. The van der Waals surface area contributed by atoms with Gasteiger partial charge in [0.05, 0.1) is 0 Å². The third-order valence-corrected chi connectivity index (χ3v) is 12.8. The highest BCUT2D eigenvalue weighted by molar-refractivity contribution is 7.29. The molecule has 0 amide bonds. The lowest BCUT2D eigenvalue weighted by Crippen LogP contribution is -1.92. The van der Waals surface area contributed by atoms with Crippen LogP contribution in [0.3, 0.4) is 0 Å². The first-order valence-corrected chi connectivity index (χ1v) is 18.7. The second-order valence-electron chi connectivity index (χ2n) is 13.2. The number of thiophene rings is 2. The smallest absolute Gasteiger partial charge is 0.0448 e. The van der Waals surface area contributed by atoms with Crippen LogP contribution in [-0.2, 0) is 0 Å². The molecule has 9 aromatic carbocycles. The van der Waals surface area contributed by atoms with E-state index in [1.165, 1.54) is 106 Å². The van der Waals surface area contributed by atoms with Gasteiger partial charge in [-0.2, -0.15) is 0 Å². The molecule has 11 aromatic rings. The van der Waals surface area contributed by atoms with E-state index in [4.69, 9.17) is 0 Å². The van der Waals surface area contributed by atoms with Crippen LogP contribution in [0.15, 0.2) is 170 Å². The van der Waals surface area contributed by atoms with Gasteiger partial charge in [0.1, 0.15) is 0 Å². The Labute approximate surface area is 297 Å². The Hall–Kier alpha value is -5.80. The largest absolute Gasteiger partial charge is 0.135 e. The summed E-state index contributed by atoms with van der Waals surface area (Å²) in [5.41, 5.74) is 7.59. The van der Waals surface area contributed by atoms with Gasteiger partial charge >= 0.3 is 0 Å². The number of hydrogen-bond acceptors (Lipinski definition) is 2. The molecule has 11 rings (SSSR count). The Morgan fingerprint density at radius 3 is 1.70 bits per heavy atom. The van der Waals surface area contributed by atoms with Gasteiger partial charge in [-0.05, 0) is 90.0 Å². The summed E-state index contributed by atoms with van der Waals surface area (Å²) in [5.74, 6) is 0. The lowest BCUT2D eigenvalue weighted by Gasteiger charge is -2.19. The average Bonchev–Trinajstić information content (AvgIpc) is 3.75. The first kappa shape index (κ1) is 28.1. The van der Waals surface area contributed by atoms with Crippen molar-refractivity contribution in [1.29, 1.82) is 0 Å². The van der Waals surface area contributed by atoms with E-state index in [0.29, 0.717) is 0 Å². The highest BCUT2D eigenvalue weighted by Crippen LogP contribution is 2.47. The Bertz CT molecular complexity index is 3090. The molecule has 50 heavy (non-hydrogen) atoms. The maximum absolute atomic E-state index is 2.40. The fourth-order valence-electron chi connectivity index (χ4n) is 8.25. The van der Waals surface area contributed by atoms with E-state index in [1.807, 2.05) is 22.7 Å². The van der Waals surface area contributed by atoms with Crippen LogP contribution in [0.25, 0.3) is 106 Å².